The number of anilines is 2. The molecule has 0 unspecified atom stereocenters. The van der Waals surface area contributed by atoms with Gasteiger partial charge in [0, 0.05) is 25.5 Å². The van der Waals surface area contributed by atoms with Crippen LogP contribution in [0.3, 0.4) is 0 Å². The smallest absolute Gasteiger partial charge is 0.395 e. The molecular formula is C16H17F3N4O. The summed E-state index contributed by atoms with van der Waals surface area (Å²) < 4.78 is 37.3. The first-order valence-electron chi connectivity index (χ1n) is 7.14. The van der Waals surface area contributed by atoms with Gasteiger partial charge in [-0.1, -0.05) is 12.1 Å². The van der Waals surface area contributed by atoms with Gasteiger partial charge >= 0.3 is 6.18 Å². The van der Waals surface area contributed by atoms with E-state index in [-0.39, 0.29) is 12.4 Å². The average Bonchev–Trinajstić information content (AvgIpc) is 2.55. The van der Waals surface area contributed by atoms with Gasteiger partial charge in [-0.15, -0.1) is 0 Å². The van der Waals surface area contributed by atoms with Gasteiger partial charge < -0.3 is 10.0 Å². The van der Waals surface area contributed by atoms with E-state index in [1.54, 1.807) is 0 Å². The summed E-state index contributed by atoms with van der Waals surface area (Å²) in [5.41, 5.74) is 3.54. The van der Waals surface area contributed by atoms with Crippen LogP contribution >= 0.6 is 0 Å². The topological polar surface area (TPSA) is 60.8 Å². The second-order valence-electron chi connectivity index (χ2n) is 5.04. The third-order valence-corrected chi connectivity index (χ3v) is 3.25. The maximum absolute atomic E-state index is 12.4. The normalized spacial score (nSPS) is 11.7. The van der Waals surface area contributed by atoms with E-state index in [9.17, 15) is 13.2 Å². The number of aliphatic hydroxyl groups excluding tert-OH is 1. The standard InChI is InChI=1S/C16H17F3N4O/c1-23(8-9-24)14-5-2-12(3-6-14)10-21-22-15-7-4-13(11-20-15)16(17,18)19/h2-7,10-11,24H,8-9H2,1H3,(H,20,22)/b21-10-. The summed E-state index contributed by atoms with van der Waals surface area (Å²) in [6, 6.07) is 9.60. The summed E-state index contributed by atoms with van der Waals surface area (Å²) in [6.45, 7) is 0.609. The molecule has 0 saturated heterocycles. The molecule has 0 bridgehead atoms. The molecule has 1 aromatic carbocycles. The molecule has 0 aliphatic carbocycles. The zero-order valence-electron chi connectivity index (χ0n) is 13.0. The van der Waals surface area contributed by atoms with Crippen molar-refractivity contribution < 1.29 is 18.3 Å². The molecular weight excluding hydrogens is 321 g/mol. The van der Waals surface area contributed by atoms with Crippen molar-refractivity contribution in [2.75, 3.05) is 30.5 Å². The maximum atomic E-state index is 12.4. The Morgan fingerprint density at radius 2 is 1.92 bits per heavy atom. The lowest BCUT2D eigenvalue weighted by Gasteiger charge is -2.17. The Morgan fingerprint density at radius 3 is 2.46 bits per heavy atom. The molecule has 1 heterocycles. The molecule has 2 rings (SSSR count). The van der Waals surface area contributed by atoms with E-state index in [1.165, 1.54) is 12.3 Å². The summed E-state index contributed by atoms with van der Waals surface area (Å²) in [4.78, 5) is 5.57. The lowest BCUT2D eigenvalue weighted by Crippen LogP contribution is -2.20. The van der Waals surface area contributed by atoms with E-state index in [0.29, 0.717) is 6.54 Å². The highest BCUT2D eigenvalue weighted by Crippen LogP contribution is 2.28. The molecule has 2 N–H and O–H groups in total. The van der Waals surface area contributed by atoms with E-state index in [0.717, 1.165) is 23.5 Å². The van der Waals surface area contributed by atoms with Gasteiger partial charge in [-0.25, -0.2) is 4.98 Å². The first-order valence-corrected chi connectivity index (χ1v) is 7.14. The SMILES string of the molecule is CN(CCO)c1ccc(/C=N\Nc2ccc(C(F)(F)F)cn2)cc1. The number of hydrogen-bond acceptors (Lipinski definition) is 5. The highest BCUT2D eigenvalue weighted by atomic mass is 19.4. The van der Waals surface area contributed by atoms with Crippen molar-refractivity contribution >= 4 is 17.7 Å². The number of hydrogen-bond donors (Lipinski definition) is 2. The van der Waals surface area contributed by atoms with E-state index < -0.39 is 11.7 Å². The van der Waals surface area contributed by atoms with Crippen LogP contribution in [0.4, 0.5) is 24.7 Å². The number of nitrogens with zero attached hydrogens (tertiary/aromatic N) is 3. The van der Waals surface area contributed by atoms with Gasteiger partial charge in [0.2, 0.25) is 0 Å². The number of hydrazone groups is 1. The lowest BCUT2D eigenvalue weighted by molar-refractivity contribution is -0.137. The van der Waals surface area contributed by atoms with E-state index in [1.807, 2.05) is 36.2 Å². The predicted octanol–water partition coefficient (Wildman–Crippen LogP) is 2.97. The highest BCUT2D eigenvalue weighted by Gasteiger charge is 2.30. The maximum Gasteiger partial charge on any atom is 0.417 e. The van der Waals surface area contributed by atoms with E-state index in [2.05, 4.69) is 15.5 Å². The average molecular weight is 338 g/mol. The molecule has 24 heavy (non-hydrogen) atoms. The molecule has 128 valence electrons. The lowest BCUT2D eigenvalue weighted by atomic mass is 10.2. The van der Waals surface area contributed by atoms with Gasteiger partial charge in [0.25, 0.3) is 0 Å². The van der Waals surface area contributed by atoms with Gasteiger partial charge in [0.15, 0.2) is 0 Å². The first kappa shape index (κ1) is 17.7. The number of nitrogens with one attached hydrogen (secondary N) is 1. The van der Waals surface area contributed by atoms with Crippen molar-refractivity contribution in [3.05, 3.63) is 53.7 Å². The van der Waals surface area contributed by atoms with Crippen molar-refractivity contribution in [3.63, 3.8) is 0 Å². The number of aromatic nitrogens is 1. The Balaban J connectivity index is 1.94. The summed E-state index contributed by atoms with van der Waals surface area (Å²) in [5, 5.41) is 12.8. The fourth-order valence-corrected chi connectivity index (χ4v) is 1.89. The second-order valence-corrected chi connectivity index (χ2v) is 5.04. The number of benzene rings is 1. The molecule has 0 aliphatic heterocycles. The first-order chi connectivity index (χ1) is 11.4. The third-order valence-electron chi connectivity index (χ3n) is 3.25. The van der Waals surface area contributed by atoms with Crippen LogP contribution in [0.1, 0.15) is 11.1 Å². The van der Waals surface area contributed by atoms with Crippen molar-refractivity contribution in [2.24, 2.45) is 5.10 Å². The minimum Gasteiger partial charge on any atom is -0.395 e. The molecule has 0 fully saturated rings. The van der Waals surface area contributed by atoms with Crippen molar-refractivity contribution in [3.8, 4) is 0 Å². The number of alkyl halides is 3. The Bertz CT molecular complexity index is 669. The van der Waals surface area contributed by atoms with Gasteiger partial charge in [0.05, 0.1) is 18.4 Å². The van der Waals surface area contributed by atoms with Gasteiger partial charge in [0.1, 0.15) is 5.82 Å². The van der Waals surface area contributed by atoms with Crippen LogP contribution in [0.25, 0.3) is 0 Å². The third kappa shape index (κ3) is 4.95. The Morgan fingerprint density at radius 1 is 1.21 bits per heavy atom. The van der Waals surface area contributed by atoms with Gasteiger partial charge in [-0.3, -0.25) is 5.43 Å². The van der Waals surface area contributed by atoms with Crippen molar-refractivity contribution in [1.82, 2.24) is 4.98 Å². The van der Waals surface area contributed by atoms with Crippen LogP contribution in [0.15, 0.2) is 47.7 Å². The molecule has 5 nitrogen and oxygen atoms in total. The Labute approximate surface area is 137 Å². The van der Waals surface area contributed by atoms with Crippen LogP contribution in [-0.2, 0) is 6.18 Å². The molecule has 0 spiro atoms. The van der Waals surface area contributed by atoms with Crippen LogP contribution in [0, 0.1) is 0 Å². The fraction of sp³-hybridized carbons (Fsp3) is 0.250. The number of halogens is 3. The van der Waals surface area contributed by atoms with E-state index in [4.69, 9.17) is 5.11 Å². The predicted molar refractivity (Wildman–Crippen MR) is 87.3 cm³/mol. The number of aliphatic hydroxyl groups is 1. The summed E-state index contributed by atoms with van der Waals surface area (Å²) >= 11 is 0. The number of likely N-dealkylation sites (N-methyl/N-ethyl adjacent to an activating group) is 1. The molecule has 0 atom stereocenters. The minimum atomic E-state index is -4.40. The molecule has 0 aliphatic rings. The van der Waals surface area contributed by atoms with Crippen LogP contribution < -0.4 is 10.3 Å². The summed E-state index contributed by atoms with van der Waals surface area (Å²) in [7, 11) is 1.87. The minimum absolute atomic E-state index is 0.0732. The number of pyridine rings is 1. The van der Waals surface area contributed by atoms with Crippen LogP contribution in [0.5, 0.6) is 0 Å². The Hall–Kier alpha value is -2.61. The molecule has 1 aromatic heterocycles. The van der Waals surface area contributed by atoms with E-state index >= 15 is 0 Å². The molecule has 0 radical (unpaired) electrons. The second kappa shape index (κ2) is 7.78. The summed E-state index contributed by atoms with van der Waals surface area (Å²) in [5.74, 6) is 0.221. The van der Waals surface area contributed by atoms with Crippen LogP contribution in [-0.4, -0.2) is 36.5 Å². The molecule has 8 heteroatoms. The molecule has 2 aromatic rings. The highest BCUT2D eigenvalue weighted by molar-refractivity contribution is 5.80. The molecule has 0 amide bonds. The monoisotopic (exact) mass is 338 g/mol. The molecule has 0 saturated carbocycles. The van der Waals surface area contributed by atoms with Crippen molar-refractivity contribution in [2.45, 2.75) is 6.18 Å². The number of rotatable bonds is 6. The largest absolute Gasteiger partial charge is 0.417 e. The quantitative estimate of drug-likeness (QED) is 0.628. The van der Waals surface area contributed by atoms with Crippen molar-refractivity contribution in [1.29, 1.82) is 0 Å². The zero-order valence-corrected chi connectivity index (χ0v) is 13.0. The Kier molecular flexibility index (Phi) is 5.75. The summed E-state index contributed by atoms with van der Waals surface area (Å²) in [6.07, 6.45) is -2.11. The van der Waals surface area contributed by atoms with Crippen LogP contribution in [0.2, 0.25) is 0 Å². The fourth-order valence-electron chi connectivity index (χ4n) is 1.89. The van der Waals surface area contributed by atoms with Gasteiger partial charge in [-0.05, 0) is 29.8 Å². The zero-order chi connectivity index (χ0) is 17.6. The van der Waals surface area contributed by atoms with Gasteiger partial charge in [-0.2, -0.15) is 18.3 Å².